The molecule has 0 N–H and O–H groups in total. The van der Waals surface area contributed by atoms with E-state index in [1.54, 1.807) is 0 Å². The van der Waals surface area contributed by atoms with Crippen LogP contribution in [0, 0.1) is 0 Å². The molecule has 2 rings (SSSR count). The molecule has 0 spiro atoms. The maximum absolute atomic E-state index is 12.3. The van der Waals surface area contributed by atoms with Crippen molar-refractivity contribution >= 4 is 0 Å². The number of alkyl halides is 3. The maximum atomic E-state index is 12.3. The van der Waals surface area contributed by atoms with Crippen molar-refractivity contribution in [2.75, 3.05) is 6.79 Å². The molecule has 0 radical (unpaired) electrons. The lowest BCUT2D eigenvalue weighted by Gasteiger charge is -2.08. The summed E-state index contributed by atoms with van der Waals surface area (Å²) in [5.74, 6) is -0.0650. The van der Waals surface area contributed by atoms with Gasteiger partial charge in [-0.25, -0.2) is 0 Å². The Balaban J connectivity index is 2.54. The van der Waals surface area contributed by atoms with Gasteiger partial charge >= 0.3 is 6.18 Å². The zero-order chi connectivity index (χ0) is 9.47. The van der Waals surface area contributed by atoms with Crippen LogP contribution >= 0.6 is 0 Å². The maximum Gasteiger partial charge on any atom is 0.420 e. The molecule has 1 aliphatic rings. The molecular formula is C8H5F3O2. The first-order valence-corrected chi connectivity index (χ1v) is 3.55. The molecule has 0 aliphatic carbocycles. The van der Waals surface area contributed by atoms with Gasteiger partial charge in [-0.2, -0.15) is 13.2 Å². The van der Waals surface area contributed by atoms with Crippen molar-refractivity contribution in [1.29, 1.82) is 0 Å². The Bertz CT molecular complexity index is 333. The molecule has 1 heterocycles. The monoisotopic (exact) mass is 190 g/mol. The Morgan fingerprint density at radius 1 is 1.15 bits per heavy atom. The molecular weight excluding hydrogens is 185 g/mol. The van der Waals surface area contributed by atoms with Gasteiger partial charge in [-0.1, -0.05) is 6.07 Å². The summed E-state index contributed by atoms with van der Waals surface area (Å²) in [6.07, 6.45) is -4.39. The summed E-state index contributed by atoms with van der Waals surface area (Å²) in [6, 6.07) is 3.70. The van der Waals surface area contributed by atoms with Gasteiger partial charge in [0.15, 0.2) is 11.5 Å². The molecule has 1 aliphatic heterocycles. The van der Waals surface area contributed by atoms with Crippen molar-refractivity contribution in [3.05, 3.63) is 23.8 Å². The quantitative estimate of drug-likeness (QED) is 0.625. The second-order valence-corrected chi connectivity index (χ2v) is 2.54. The van der Waals surface area contributed by atoms with E-state index in [9.17, 15) is 13.2 Å². The van der Waals surface area contributed by atoms with Gasteiger partial charge in [0.25, 0.3) is 0 Å². The van der Waals surface area contributed by atoms with Gasteiger partial charge in [-0.05, 0) is 12.1 Å². The zero-order valence-corrected chi connectivity index (χ0v) is 6.39. The predicted molar refractivity (Wildman–Crippen MR) is 37.6 cm³/mol. The van der Waals surface area contributed by atoms with Crippen molar-refractivity contribution in [3.8, 4) is 11.5 Å². The van der Waals surface area contributed by atoms with Crippen molar-refractivity contribution in [2.45, 2.75) is 6.18 Å². The van der Waals surface area contributed by atoms with E-state index in [0.29, 0.717) is 0 Å². The molecule has 0 amide bonds. The van der Waals surface area contributed by atoms with Crippen LogP contribution in [-0.4, -0.2) is 6.79 Å². The number of benzene rings is 1. The third-order valence-electron chi connectivity index (χ3n) is 1.70. The van der Waals surface area contributed by atoms with Gasteiger partial charge in [0.2, 0.25) is 6.79 Å². The van der Waals surface area contributed by atoms with Gasteiger partial charge in [0.1, 0.15) is 5.56 Å². The number of halogens is 3. The smallest absolute Gasteiger partial charge is 0.420 e. The van der Waals surface area contributed by atoms with Gasteiger partial charge in [-0.3, -0.25) is 0 Å². The van der Waals surface area contributed by atoms with Crippen LogP contribution in [0.1, 0.15) is 5.56 Å². The molecule has 70 valence electrons. The lowest BCUT2D eigenvalue weighted by molar-refractivity contribution is -0.138. The minimum atomic E-state index is -4.39. The molecule has 0 bridgehead atoms. The lowest BCUT2D eigenvalue weighted by Crippen LogP contribution is -2.06. The van der Waals surface area contributed by atoms with Crippen LogP contribution in [0.3, 0.4) is 0 Å². The van der Waals surface area contributed by atoms with E-state index in [-0.39, 0.29) is 18.3 Å². The number of rotatable bonds is 0. The van der Waals surface area contributed by atoms with E-state index in [0.717, 1.165) is 6.07 Å². The molecule has 0 atom stereocenters. The van der Waals surface area contributed by atoms with Crippen molar-refractivity contribution in [2.24, 2.45) is 0 Å². The first-order chi connectivity index (χ1) is 6.09. The SMILES string of the molecule is FC(F)(F)c1cccc2c1OCO2. The summed E-state index contributed by atoms with van der Waals surface area (Å²) >= 11 is 0. The van der Waals surface area contributed by atoms with E-state index in [1.807, 2.05) is 0 Å². The minimum absolute atomic E-state index is 0.148. The van der Waals surface area contributed by atoms with Crippen LogP contribution in [0.25, 0.3) is 0 Å². The molecule has 0 saturated carbocycles. The summed E-state index contributed by atoms with van der Waals surface area (Å²) in [5, 5.41) is 0. The fraction of sp³-hybridized carbons (Fsp3) is 0.250. The molecule has 5 heteroatoms. The highest BCUT2D eigenvalue weighted by Gasteiger charge is 2.37. The van der Waals surface area contributed by atoms with Crippen molar-refractivity contribution < 1.29 is 22.6 Å². The molecule has 0 aromatic heterocycles. The Hall–Kier alpha value is -1.39. The molecule has 2 nitrogen and oxygen atoms in total. The molecule has 1 aromatic rings. The number of hydrogen-bond acceptors (Lipinski definition) is 2. The van der Waals surface area contributed by atoms with E-state index in [2.05, 4.69) is 0 Å². The van der Waals surface area contributed by atoms with Crippen LogP contribution < -0.4 is 9.47 Å². The Morgan fingerprint density at radius 3 is 2.62 bits per heavy atom. The van der Waals surface area contributed by atoms with Gasteiger partial charge in [0, 0.05) is 0 Å². The number of fused-ring (bicyclic) bond motifs is 1. The average Bonchev–Trinajstić information content (AvgIpc) is 2.48. The van der Waals surface area contributed by atoms with Crippen LogP contribution in [0.5, 0.6) is 11.5 Å². The van der Waals surface area contributed by atoms with Crippen LogP contribution in [0.2, 0.25) is 0 Å². The Labute approximate surface area is 71.9 Å². The second kappa shape index (κ2) is 2.55. The van der Waals surface area contributed by atoms with Gasteiger partial charge < -0.3 is 9.47 Å². The third-order valence-corrected chi connectivity index (χ3v) is 1.70. The van der Waals surface area contributed by atoms with E-state index in [4.69, 9.17) is 9.47 Å². The standard InChI is InChI=1S/C8H5F3O2/c9-8(10,11)5-2-1-3-6-7(5)13-4-12-6/h1-3H,4H2. The van der Waals surface area contributed by atoms with Gasteiger partial charge in [0.05, 0.1) is 0 Å². The summed E-state index contributed by atoms with van der Waals surface area (Å²) in [5.41, 5.74) is -0.789. The van der Waals surface area contributed by atoms with E-state index in [1.165, 1.54) is 12.1 Å². The summed E-state index contributed by atoms with van der Waals surface area (Å²) < 4.78 is 46.4. The van der Waals surface area contributed by atoms with Gasteiger partial charge in [-0.15, -0.1) is 0 Å². The van der Waals surface area contributed by atoms with E-state index < -0.39 is 11.7 Å². The normalized spacial score (nSPS) is 14.7. The molecule has 1 aromatic carbocycles. The van der Waals surface area contributed by atoms with E-state index >= 15 is 0 Å². The highest BCUT2D eigenvalue weighted by atomic mass is 19.4. The molecule has 0 saturated heterocycles. The van der Waals surface area contributed by atoms with Crippen molar-refractivity contribution in [1.82, 2.24) is 0 Å². The Morgan fingerprint density at radius 2 is 1.92 bits per heavy atom. The van der Waals surface area contributed by atoms with Crippen molar-refractivity contribution in [3.63, 3.8) is 0 Å². The molecule has 0 fully saturated rings. The summed E-state index contributed by atoms with van der Waals surface area (Å²) in [4.78, 5) is 0. The third kappa shape index (κ3) is 1.30. The number of para-hydroxylation sites is 1. The lowest BCUT2D eigenvalue weighted by atomic mass is 10.2. The fourth-order valence-electron chi connectivity index (χ4n) is 1.15. The van der Waals surface area contributed by atoms with Crippen LogP contribution in [-0.2, 0) is 6.18 Å². The minimum Gasteiger partial charge on any atom is -0.454 e. The largest absolute Gasteiger partial charge is 0.454 e. The molecule has 13 heavy (non-hydrogen) atoms. The first-order valence-electron chi connectivity index (χ1n) is 3.55. The highest BCUT2D eigenvalue weighted by molar-refractivity contribution is 5.49. The second-order valence-electron chi connectivity index (χ2n) is 2.54. The zero-order valence-electron chi connectivity index (χ0n) is 6.39. The fourth-order valence-corrected chi connectivity index (χ4v) is 1.15. The number of hydrogen-bond donors (Lipinski definition) is 0. The predicted octanol–water partition coefficient (Wildman–Crippen LogP) is 2.43. The topological polar surface area (TPSA) is 18.5 Å². The highest BCUT2D eigenvalue weighted by Crippen LogP contribution is 2.43. The van der Waals surface area contributed by atoms with Crippen LogP contribution in [0.15, 0.2) is 18.2 Å². The average molecular weight is 190 g/mol. The summed E-state index contributed by atoms with van der Waals surface area (Å²) in [7, 11) is 0. The molecule has 0 unspecified atom stereocenters. The Kier molecular flexibility index (Phi) is 1.61. The van der Waals surface area contributed by atoms with Crippen LogP contribution in [0.4, 0.5) is 13.2 Å². The number of ether oxygens (including phenoxy) is 2. The summed E-state index contributed by atoms with van der Waals surface area (Å²) in [6.45, 7) is -0.150. The first kappa shape index (κ1) is 8.22.